The SMILES string of the molecule is COc1cc2c3cc1Oc1c(OC)c(OC)cc4c1C(Cc1ccc(O)c(c1)Oc1ccc(cc1)CC3N(C)CC2)CN(C)C4. The van der Waals surface area contributed by atoms with Gasteiger partial charge in [0.1, 0.15) is 5.75 Å². The number of ether oxygens (including phenoxy) is 5. The summed E-state index contributed by atoms with van der Waals surface area (Å²) in [5, 5.41) is 10.7. The first-order valence-corrected chi connectivity index (χ1v) is 15.5. The Morgan fingerprint density at radius 1 is 0.778 bits per heavy atom. The first-order valence-electron chi connectivity index (χ1n) is 15.5. The van der Waals surface area contributed by atoms with Gasteiger partial charge < -0.3 is 33.7 Å². The van der Waals surface area contributed by atoms with Crippen LogP contribution in [0.5, 0.6) is 46.0 Å². The number of nitrogens with zero attached hydrogens (tertiary/aromatic N) is 2. The summed E-state index contributed by atoms with van der Waals surface area (Å²) in [4.78, 5) is 4.72. The zero-order chi connectivity index (χ0) is 31.2. The Morgan fingerprint density at radius 2 is 1.53 bits per heavy atom. The van der Waals surface area contributed by atoms with Gasteiger partial charge in [0.2, 0.25) is 5.75 Å². The number of hydrogen-bond donors (Lipinski definition) is 1. The Bertz CT molecular complexity index is 1740. The number of phenols is 1. The molecule has 1 N–H and O–H groups in total. The number of benzene rings is 4. The van der Waals surface area contributed by atoms with Gasteiger partial charge in [0.05, 0.1) is 21.3 Å². The van der Waals surface area contributed by atoms with E-state index in [0.717, 1.165) is 49.2 Å². The molecule has 8 heteroatoms. The Balaban J connectivity index is 1.46. The van der Waals surface area contributed by atoms with Crippen molar-refractivity contribution in [2.75, 3.05) is 48.5 Å². The third-order valence-corrected chi connectivity index (χ3v) is 9.48. The monoisotopic (exact) mass is 608 g/mol. The molecule has 8 rings (SSSR count). The molecular formula is C37H40N2O6. The lowest BCUT2D eigenvalue weighted by atomic mass is 9.84. The van der Waals surface area contributed by atoms with Crippen LogP contribution in [0.4, 0.5) is 0 Å². The lowest BCUT2D eigenvalue weighted by Gasteiger charge is -2.36. The number of aromatic hydroxyl groups is 1. The molecule has 0 fully saturated rings. The highest BCUT2D eigenvalue weighted by Crippen LogP contribution is 2.51. The molecule has 4 aliphatic rings. The maximum absolute atomic E-state index is 10.7. The Hall–Kier alpha value is -4.40. The van der Waals surface area contributed by atoms with Crippen molar-refractivity contribution in [2.45, 2.75) is 37.8 Å². The minimum Gasteiger partial charge on any atom is -0.504 e. The van der Waals surface area contributed by atoms with Crippen LogP contribution < -0.4 is 23.7 Å². The van der Waals surface area contributed by atoms with Gasteiger partial charge in [0, 0.05) is 37.2 Å². The lowest BCUT2D eigenvalue weighted by molar-refractivity contribution is 0.228. The van der Waals surface area contributed by atoms with Crippen molar-refractivity contribution in [3.63, 3.8) is 0 Å². The van der Waals surface area contributed by atoms with Crippen LogP contribution in [-0.4, -0.2) is 63.4 Å². The largest absolute Gasteiger partial charge is 0.504 e. The van der Waals surface area contributed by atoms with E-state index in [4.69, 9.17) is 23.7 Å². The molecular weight excluding hydrogens is 568 g/mol. The first kappa shape index (κ1) is 29.3. The van der Waals surface area contributed by atoms with Gasteiger partial charge in [0.25, 0.3) is 0 Å². The second-order valence-electron chi connectivity index (χ2n) is 12.4. The van der Waals surface area contributed by atoms with E-state index < -0.39 is 0 Å². The van der Waals surface area contributed by atoms with Gasteiger partial charge in [-0.05, 0) is 104 Å². The van der Waals surface area contributed by atoms with Gasteiger partial charge in [-0.25, -0.2) is 0 Å². The second kappa shape index (κ2) is 11.8. The minimum atomic E-state index is 0.0617. The zero-order valence-electron chi connectivity index (χ0n) is 26.6. The second-order valence-corrected chi connectivity index (χ2v) is 12.4. The van der Waals surface area contributed by atoms with Crippen molar-refractivity contribution in [2.24, 2.45) is 0 Å². The summed E-state index contributed by atoms with van der Waals surface area (Å²) in [7, 11) is 9.32. The number of phenolic OH excluding ortho intramolecular Hbond substituents is 1. The summed E-state index contributed by atoms with van der Waals surface area (Å²) in [6.45, 7) is 2.51. The number of methoxy groups -OCH3 is 3. The third kappa shape index (κ3) is 5.42. The van der Waals surface area contributed by atoms with Gasteiger partial charge in [-0.3, -0.25) is 4.90 Å². The molecule has 0 radical (unpaired) electrons. The molecule has 4 aliphatic heterocycles. The van der Waals surface area contributed by atoms with E-state index >= 15 is 0 Å². The minimum absolute atomic E-state index is 0.0617. The van der Waals surface area contributed by atoms with E-state index in [1.807, 2.05) is 24.3 Å². The predicted octanol–water partition coefficient (Wildman–Crippen LogP) is 6.86. The van der Waals surface area contributed by atoms with E-state index in [1.54, 1.807) is 27.4 Å². The quantitative estimate of drug-likeness (QED) is 0.271. The van der Waals surface area contributed by atoms with Crippen LogP contribution in [0, 0.1) is 0 Å². The zero-order valence-corrected chi connectivity index (χ0v) is 26.6. The van der Waals surface area contributed by atoms with Crippen LogP contribution in [0.3, 0.4) is 0 Å². The van der Waals surface area contributed by atoms with Crippen molar-refractivity contribution in [1.29, 1.82) is 0 Å². The van der Waals surface area contributed by atoms with Crippen LogP contribution in [-0.2, 0) is 25.8 Å². The van der Waals surface area contributed by atoms with Crippen molar-refractivity contribution in [3.05, 3.63) is 94.0 Å². The first-order chi connectivity index (χ1) is 21.8. The Labute approximate surface area is 264 Å². The van der Waals surface area contributed by atoms with Gasteiger partial charge in [-0.15, -0.1) is 0 Å². The van der Waals surface area contributed by atoms with E-state index in [-0.39, 0.29) is 17.7 Å². The molecule has 0 saturated heterocycles. The smallest absolute Gasteiger partial charge is 0.204 e. The standard InChI is InChI=1S/C37H40N2O6/c1-38-20-25-14-23-8-11-30(40)31(16-23)44-27-9-6-22(7-10-27)15-29-28-19-33(32(41-3)17-24(28)12-13-39(29)2)45-37-35(25)26(21-38)18-34(42-4)36(37)43-5/h6-11,16-19,25,29,40H,12-15,20-21H2,1-5H3. The van der Waals surface area contributed by atoms with Gasteiger partial charge in [0.15, 0.2) is 34.5 Å². The van der Waals surface area contributed by atoms with Crippen molar-refractivity contribution >= 4 is 0 Å². The van der Waals surface area contributed by atoms with E-state index in [9.17, 15) is 5.11 Å². The Kier molecular flexibility index (Phi) is 7.71. The van der Waals surface area contributed by atoms with E-state index in [2.05, 4.69) is 54.2 Å². The molecule has 2 atom stereocenters. The van der Waals surface area contributed by atoms with Gasteiger partial charge in [-0.2, -0.15) is 0 Å². The summed E-state index contributed by atoms with van der Waals surface area (Å²) >= 11 is 0. The van der Waals surface area contributed by atoms with Crippen LogP contribution in [0.25, 0.3) is 0 Å². The van der Waals surface area contributed by atoms with Gasteiger partial charge >= 0.3 is 0 Å². The third-order valence-electron chi connectivity index (χ3n) is 9.48. The molecule has 4 heterocycles. The molecule has 0 aromatic heterocycles. The average molecular weight is 609 g/mol. The molecule has 0 spiro atoms. The molecule has 4 aromatic rings. The highest BCUT2D eigenvalue weighted by molar-refractivity contribution is 5.64. The number of hydrogen-bond acceptors (Lipinski definition) is 8. The highest BCUT2D eigenvalue weighted by atomic mass is 16.5. The van der Waals surface area contributed by atoms with Crippen LogP contribution in [0.15, 0.2) is 60.7 Å². The van der Waals surface area contributed by atoms with Crippen LogP contribution >= 0.6 is 0 Å². The van der Waals surface area contributed by atoms with Crippen molar-refractivity contribution < 1.29 is 28.8 Å². The number of likely N-dealkylation sites (N-methyl/N-ethyl adjacent to an activating group) is 2. The molecule has 234 valence electrons. The fourth-order valence-electron chi connectivity index (χ4n) is 7.24. The van der Waals surface area contributed by atoms with Crippen molar-refractivity contribution in [3.8, 4) is 46.0 Å². The molecule has 0 aliphatic carbocycles. The van der Waals surface area contributed by atoms with Crippen molar-refractivity contribution in [1.82, 2.24) is 9.80 Å². The maximum atomic E-state index is 10.7. The average Bonchev–Trinajstić information content (AvgIpc) is 3.03. The summed E-state index contributed by atoms with van der Waals surface area (Å²) in [5.41, 5.74) is 6.95. The topological polar surface area (TPSA) is 72.9 Å². The Morgan fingerprint density at radius 3 is 2.29 bits per heavy atom. The lowest BCUT2D eigenvalue weighted by Crippen LogP contribution is -2.33. The molecule has 4 aromatic carbocycles. The molecule has 6 bridgehead atoms. The molecule has 2 unspecified atom stereocenters. The van der Waals surface area contributed by atoms with Gasteiger partial charge in [-0.1, -0.05) is 18.2 Å². The molecule has 0 saturated carbocycles. The van der Waals surface area contributed by atoms with E-state index in [0.29, 0.717) is 46.7 Å². The fourth-order valence-corrected chi connectivity index (χ4v) is 7.24. The summed E-state index contributed by atoms with van der Waals surface area (Å²) < 4.78 is 31.0. The predicted molar refractivity (Wildman–Crippen MR) is 173 cm³/mol. The summed E-state index contributed by atoms with van der Waals surface area (Å²) in [5.74, 6) is 4.47. The molecule has 45 heavy (non-hydrogen) atoms. The number of rotatable bonds is 3. The van der Waals surface area contributed by atoms with E-state index in [1.165, 1.54) is 16.7 Å². The molecule has 8 nitrogen and oxygen atoms in total. The normalized spacial score (nSPS) is 19.4. The molecule has 0 amide bonds. The fraction of sp³-hybridized carbons (Fsp3) is 0.351. The van der Waals surface area contributed by atoms with Crippen LogP contribution in [0.2, 0.25) is 0 Å². The number of fused-ring (bicyclic) bond motifs is 2. The summed E-state index contributed by atoms with van der Waals surface area (Å²) in [6, 6.07) is 20.3. The highest BCUT2D eigenvalue weighted by Gasteiger charge is 2.34. The maximum Gasteiger partial charge on any atom is 0.204 e. The van der Waals surface area contributed by atoms with Crippen LogP contribution in [0.1, 0.15) is 45.3 Å². The summed E-state index contributed by atoms with van der Waals surface area (Å²) in [6.07, 6.45) is 2.45.